The highest BCUT2D eigenvalue weighted by Crippen LogP contribution is 2.19. The molecule has 71 heavy (non-hydrogen) atoms. The zero-order valence-electron chi connectivity index (χ0n) is 40.9. The van der Waals surface area contributed by atoms with E-state index >= 15 is 0 Å². The number of aliphatic carboxylic acids is 6. The van der Waals surface area contributed by atoms with Gasteiger partial charge in [0.15, 0.2) is 0 Å². The minimum Gasteiger partial charge on any atom is -0.549 e. The van der Waals surface area contributed by atoms with Gasteiger partial charge in [0.25, 0.3) is 0 Å². The molecule has 0 aliphatic rings. The van der Waals surface area contributed by atoms with Crippen LogP contribution < -0.4 is 51.9 Å². The van der Waals surface area contributed by atoms with Gasteiger partial charge in [-0.1, -0.05) is 21.6 Å². The largest absolute Gasteiger partial charge is 0.549 e. The van der Waals surface area contributed by atoms with E-state index in [1.807, 2.05) is 14.1 Å². The highest BCUT2D eigenvalue weighted by Gasteiger charge is 2.18. The molecule has 0 aliphatic heterocycles. The molecule has 0 atom stereocenters. The van der Waals surface area contributed by atoms with Crippen molar-refractivity contribution >= 4 is 104 Å². The van der Waals surface area contributed by atoms with E-state index < -0.39 is 75.1 Å². The summed E-state index contributed by atoms with van der Waals surface area (Å²) in [6, 6.07) is 0. The second-order valence-corrected chi connectivity index (χ2v) is 20.8. The molecule has 0 bridgehead atoms. The summed E-state index contributed by atoms with van der Waals surface area (Å²) in [6.07, 6.45) is 0. The summed E-state index contributed by atoms with van der Waals surface area (Å²) < 4.78 is 0. The van der Waals surface area contributed by atoms with Gasteiger partial charge >= 0.3 is 0 Å². The number of carboxylic acid groups (broad SMARTS) is 6. The summed E-state index contributed by atoms with van der Waals surface area (Å²) in [4.78, 5) is 122. The van der Waals surface area contributed by atoms with Crippen LogP contribution in [0, 0.1) is 0 Å². The fraction of sp³-hybridized carbons (Fsp3) is 0.756. The lowest BCUT2D eigenvalue weighted by atomic mass is 10.3. The molecule has 0 saturated carbocycles. The summed E-state index contributed by atoms with van der Waals surface area (Å²) in [7, 11) is 7.03. The molecule has 410 valence electrons. The highest BCUT2D eigenvalue weighted by molar-refractivity contribution is 8.76. The Bertz CT molecular complexity index is 1580. The Kier molecular flexibility index (Phi) is 43.7. The molecule has 0 rings (SSSR count). The molecule has 0 fully saturated rings. The van der Waals surface area contributed by atoms with Crippen LogP contribution in [0.3, 0.4) is 0 Å². The SMILES string of the molecule is CNCCSCSCCNC(=O)CN(CCN(CCN(CC(C)=O)CC(=O)[O-])CC(=O)[O-])CC(=O)[O-].CNCCSSCCNC(=O)CN(CCN(CCN(CC(C)=O)CC(=O)[O-])CC(=O)[O-])CC(=O)[O-]. The van der Waals surface area contributed by atoms with Crippen molar-refractivity contribution in [3.05, 3.63) is 0 Å². The monoisotopic (exact) mass is 1090 g/mol. The first-order valence-corrected chi connectivity index (χ1v) is 27.1. The maximum absolute atomic E-state index is 12.2. The van der Waals surface area contributed by atoms with Crippen LogP contribution in [-0.2, 0) is 47.9 Å². The molecule has 0 heterocycles. The number of ketones is 2. The van der Waals surface area contributed by atoms with Crippen LogP contribution in [0.5, 0.6) is 0 Å². The normalized spacial score (nSPS) is 11.2. The van der Waals surface area contributed by atoms with Gasteiger partial charge in [-0.3, -0.25) is 48.6 Å². The van der Waals surface area contributed by atoms with Gasteiger partial charge in [0.2, 0.25) is 11.8 Å². The van der Waals surface area contributed by atoms with Gasteiger partial charge in [-0.25, -0.2) is 0 Å². The first-order valence-electron chi connectivity index (χ1n) is 22.3. The zero-order chi connectivity index (χ0) is 54.0. The minimum absolute atomic E-state index is 0.0382. The van der Waals surface area contributed by atoms with Crippen LogP contribution in [0.15, 0.2) is 0 Å². The predicted molar refractivity (Wildman–Crippen MR) is 259 cm³/mol. The van der Waals surface area contributed by atoms with Crippen molar-refractivity contribution in [2.24, 2.45) is 0 Å². The third-order valence-electron chi connectivity index (χ3n) is 8.93. The molecule has 30 heteroatoms. The molecule has 26 nitrogen and oxygen atoms in total. The van der Waals surface area contributed by atoms with Crippen LogP contribution in [0.2, 0.25) is 0 Å². The summed E-state index contributed by atoms with van der Waals surface area (Å²) in [5.74, 6) is -6.23. The van der Waals surface area contributed by atoms with Gasteiger partial charge in [0.05, 0.1) is 62.0 Å². The van der Waals surface area contributed by atoms with E-state index in [-0.39, 0.29) is 102 Å². The van der Waals surface area contributed by atoms with Crippen molar-refractivity contribution in [1.82, 2.24) is 50.7 Å². The smallest absolute Gasteiger partial charge is 0.234 e. The standard InChI is InChI=1S/C21H39N5O8S2.C20H37N5O8S2/c1-17(27)11-25(14-20(31)32)7-5-24(13-19(29)30)6-8-26(15-21(33)34)12-18(28)23-4-10-36-16-35-9-3-22-2;1-16(26)11-24(14-19(30)31)7-5-23(13-18(28)29)6-8-25(15-20(32)33)12-17(27)22-4-10-35-34-9-3-21-2/h22H,3-16H2,1-2H3,(H,23,28)(H,29,30)(H,31,32)(H,33,34);21H,3-15H2,1-2H3,(H,22,27)(H,28,29)(H,30,31)(H,32,33)/p-6. The van der Waals surface area contributed by atoms with Gasteiger partial charge in [0, 0.05) is 146 Å². The van der Waals surface area contributed by atoms with Crippen molar-refractivity contribution in [2.45, 2.75) is 13.8 Å². The maximum Gasteiger partial charge on any atom is 0.234 e. The van der Waals surface area contributed by atoms with Crippen LogP contribution in [0.1, 0.15) is 13.8 Å². The van der Waals surface area contributed by atoms with Crippen LogP contribution in [0.25, 0.3) is 0 Å². The van der Waals surface area contributed by atoms with E-state index in [0.29, 0.717) is 24.6 Å². The Hall–Kier alpha value is -3.82. The number of carbonyl (C=O) groups is 10. The second-order valence-electron chi connectivity index (χ2n) is 15.5. The Morgan fingerprint density at radius 1 is 0.352 bits per heavy atom. The topological polar surface area (TPSA) is 377 Å². The molecular weight excluding hydrogens is 1020 g/mol. The van der Waals surface area contributed by atoms with Crippen molar-refractivity contribution in [1.29, 1.82) is 0 Å². The number of rotatable bonds is 47. The van der Waals surface area contributed by atoms with E-state index in [0.717, 1.165) is 29.7 Å². The van der Waals surface area contributed by atoms with Crippen LogP contribution in [-0.4, -0.2) is 275 Å². The fourth-order valence-electron chi connectivity index (χ4n) is 5.88. The third-order valence-corrected chi connectivity index (χ3v) is 13.7. The van der Waals surface area contributed by atoms with Gasteiger partial charge in [-0.05, 0) is 27.9 Å². The number of carbonyl (C=O) groups excluding carboxylic acids is 10. The number of hydrogen-bond donors (Lipinski definition) is 4. The molecule has 0 aromatic carbocycles. The summed E-state index contributed by atoms with van der Waals surface area (Å²) >= 11 is 3.46. The average molecular weight is 1090 g/mol. The lowest BCUT2D eigenvalue weighted by molar-refractivity contribution is -0.308. The summed E-state index contributed by atoms with van der Waals surface area (Å²) in [5, 5.41) is 78.7. The van der Waals surface area contributed by atoms with Gasteiger partial charge < -0.3 is 80.7 Å². The number of nitrogens with one attached hydrogen (secondary N) is 4. The lowest BCUT2D eigenvalue weighted by Gasteiger charge is -2.30. The number of hydrogen-bond acceptors (Lipinski definition) is 28. The molecule has 0 radical (unpaired) electrons. The van der Waals surface area contributed by atoms with E-state index in [1.165, 1.54) is 43.2 Å². The van der Waals surface area contributed by atoms with Crippen molar-refractivity contribution in [3.8, 4) is 0 Å². The van der Waals surface area contributed by atoms with Crippen LogP contribution >= 0.6 is 45.1 Å². The molecule has 0 aliphatic carbocycles. The van der Waals surface area contributed by atoms with Crippen molar-refractivity contribution in [3.63, 3.8) is 0 Å². The molecular formula is C41H70N10O16S4-6. The van der Waals surface area contributed by atoms with E-state index in [2.05, 4.69) is 21.3 Å². The highest BCUT2D eigenvalue weighted by atomic mass is 33.1. The van der Waals surface area contributed by atoms with E-state index in [1.54, 1.807) is 45.1 Å². The number of Topliss-reactive ketones (excluding diaryl/α,β-unsaturated/α-hetero) is 2. The van der Waals surface area contributed by atoms with Gasteiger partial charge in [-0.2, -0.15) is 0 Å². The van der Waals surface area contributed by atoms with Crippen molar-refractivity contribution in [2.75, 3.05) is 186 Å². The molecule has 0 saturated heterocycles. The number of thioether (sulfide) groups is 2. The van der Waals surface area contributed by atoms with E-state index in [4.69, 9.17) is 0 Å². The lowest BCUT2D eigenvalue weighted by Crippen LogP contribution is -2.49. The number of amides is 2. The Morgan fingerprint density at radius 3 is 0.915 bits per heavy atom. The van der Waals surface area contributed by atoms with Gasteiger partial charge in [0.1, 0.15) is 11.6 Å². The Balaban J connectivity index is 0. The van der Waals surface area contributed by atoms with E-state index in [9.17, 15) is 78.6 Å². The molecule has 0 aromatic heterocycles. The summed E-state index contributed by atoms with van der Waals surface area (Å²) in [6.45, 7) is 1.97. The number of nitrogens with zero attached hydrogens (tertiary/aromatic N) is 6. The fourth-order valence-corrected chi connectivity index (χ4v) is 9.80. The molecule has 2 amide bonds. The molecule has 4 N–H and O–H groups in total. The second kappa shape index (κ2) is 44.8. The predicted octanol–water partition coefficient (Wildman–Crippen LogP) is -11.1. The minimum atomic E-state index is -1.39. The molecule has 0 unspecified atom stereocenters. The first-order chi connectivity index (χ1) is 33.6. The Morgan fingerprint density at radius 2 is 0.606 bits per heavy atom. The van der Waals surface area contributed by atoms with Gasteiger partial charge in [-0.15, -0.1) is 23.5 Å². The summed E-state index contributed by atoms with van der Waals surface area (Å²) in [5.41, 5.74) is 0. The third kappa shape index (κ3) is 48.2. The van der Waals surface area contributed by atoms with Crippen LogP contribution in [0.4, 0.5) is 0 Å². The molecule has 0 aromatic rings. The average Bonchev–Trinajstić information content (AvgIpc) is 3.24. The number of carboxylic acids is 6. The maximum atomic E-state index is 12.2. The molecule has 0 spiro atoms. The quantitative estimate of drug-likeness (QED) is 0.0250. The zero-order valence-corrected chi connectivity index (χ0v) is 44.2. The van der Waals surface area contributed by atoms with Crippen molar-refractivity contribution < 1.29 is 78.6 Å². The Labute approximate surface area is 431 Å². The first kappa shape index (κ1) is 69.3.